The van der Waals surface area contributed by atoms with Gasteiger partial charge < -0.3 is 10.1 Å². The average molecular weight is 478 g/mol. The van der Waals surface area contributed by atoms with Crippen LogP contribution in [0, 0.1) is 17.7 Å². The topological polar surface area (TPSA) is 64.1 Å². The lowest BCUT2D eigenvalue weighted by Crippen LogP contribution is -2.44. The molecular formula is C27H28FN3O2S. The number of fused-ring (bicyclic) bond motifs is 2. The van der Waals surface area contributed by atoms with Gasteiger partial charge in [0.1, 0.15) is 5.82 Å². The Morgan fingerprint density at radius 2 is 2.15 bits per heavy atom. The number of alkyl carbamates (subject to hydrolysis) is 1. The summed E-state index contributed by atoms with van der Waals surface area (Å²) < 4.78 is 18.6. The van der Waals surface area contributed by atoms with Gasteiger partial charge in [0.25, 0.3) is 0 Å². The molecule has 2 aliphatic rings. The van der Waals surface area contributed by atoms with Gasteiger partial charge in [-0.15, -0.1) is 11.3 Å². The van der Waals surface area contributed by atoms with E-state index in [1.807, 2.05) is 30.6 Å². The maximum absolute atomic E-state index is 13.5. The van der Waals surface area contributed by atoms with Gasteiger partial charge in [0.2, 0.25) is 0 Å². The average Bonchev–Trinajstić information content (AvgIpc) is 3.30. The maximum Gasteiger partial charge on any atom is 0.407 e. The monoisotopic (exact) mass is 477 g/mol. The molecule has 0 aliphatic heterocycles. The molecule has 3 aromatic rings. The van der Waals surface area contributed by atoms with E-state index in [4.69, 9.17) is 4.74 Å². The van der Waals surface area contributed by atoms with Crippen LogP contribution in [-0.4, -0.2) is 28.7 Å². The number of pyridine rings is 1. The quantitative estimate of drug-likeness (QED) is 0.473. The lowest BCUT2D eigenvalue weighted by atomic mass is 9.65. The molecule has 5 nitrogen and oxygen atoms in total. The number of rotatable bonds is 5. The molecular weight excluding hydrogens is 449 g/mol. The fourth-order valence-electron chi connectivity index (χ4n) is 5.39. The first-order chi connectivity index (χ1) is 16.6. The molecule has 0 saturated heterocycles. The second kappa shape index (κ2) is 10.1. The van der Waals surface area contributed by atoms with Crippen molar-refractivity contribution in [1.82, 2.24) is 15.3 Å². The van der Waals surface area contributed by atoms with Crippen LogP contribution in [0.5, 0.6) is 0 Å². The second-order valence-electron chi connectivity index (χ2n) is 9.03. The van der Waals surface area contributed by atoms with Crippen LogP contribution in [0.2, 0.25) is 0 Å². The molecule has 7 heteroatoms. The molecule has 2 aliphatic carbocycles. The van der Waals surface area contributed by atoms with Crippen molar-refractivity contribution in [3.8, 4) is 11.1 Å². The number of carbonyl (C=O) groups is 1. The van der Waals surface area contributed by atoms with Gasteiger partial charge in [-0.2, -0.15) is 0 Å². The van der Waals surface area contributed by atoms with E-state index in [0.717, 1.165) is 42.5 Å². The summed E-state index contributed by atoms with van der Waals surface area (Å²) in [4.78, 5) is 22.5. The number of nitrogens with one attached hydrogen (secondary N) is 1. The van der Waals surface area contributed by atoms with Gasteiger partial charge in [-0.25, -0.2) is 14.2 Å². The van der Waals surface area contributed by atoms with Crippen molar-refractivity contribution in [3.05, 3.63) is 76.3 Å². The Bertz CT molecular complexity index is 1180. The lowest BCUT2D eigenvalue weighted by Gasteiger charge is -2.42. The van der Waals surface area contributed by atoms with Crippen LogP contribution in [0.15, 0.2) is 54.2 Å². The van der Waals surface area contributed by atoms with Crippen molar-refractivity contribution in [2.24, 2.45) is 11.8 Å². The molecule has 1 N–H and O–H groups in total. The molecule has 0 spiro atoms. The molecule has 0 radical (unpaired) electrons. The summed E-state index contributed by atoms with van der Waals surface area (Å²) in [6.45, 7) is 2.21. The van der Waals surface area contributed by atoms with Crippen LogP contribution < -0.4 is 5.32 Å². The summed E-state index contributed by atoms with van der Waals surface area (Å²) in [6.07, 6.45) is 9.77. The Balaban J connectivity index is 1.32. The fraction of sp³-hybridized carbons (Fsp3) is 0.370. The van der Waals surface area contributed by atoms with Crippen LogP contribution in [0.4, 0.5) is 9.18 Å². The standard InChI is InChI=1S/C27H28FN3O2S/c1-2-33-27(32)31-22-9-10-23-19(13-22)14-25-26(34-16-30-25)24(23)11-8-21-7-6-18(15-29-21)17-4-3-5-20(28)12-17/h3-8,11-12,15-16,19,22-24H,2,9-10,13-14H2,1H3,(H,31,32)/t19-,22+,23+,24-/m0/s1. The van der Waals surface area contributed by atoms with Crippen molar-refractivity contribution < 1.29 is 13.9 Å². The Labute approximate surface area is 203 Å². The van der Waals surface area contributed by atoms with Crippen molar-refractivity contribution in [3.63, 3.8) is 0 Å². The number of benzene rings is 1. The summed E-state index contributed by atoms with van der Waals surface area (Å²) in [5.74, 6) is 1.06. The summed E-state index contributed by atoms with van der Waals surface area (Å²) in [5, 5.41) is 3.04. The molecule has 176 valence electrons. The zero-order valence-electron chi connectivity index (χ0n) is 19.1. The predicted octanol–water partition coefficient (Wildman–Crippen LogP) is 6.23. The minimum absolute atomic E-state index is 0.155. The Hall–Kier alpha value is -3.06. The van der Waals surface area contributed by atoms with Gasteiger partial charge in [0.15, 0.2) is 0 Å². The molecule has 0 unspecified atom stereocenters. The van der Waals surface area contributed by atoms with Gasteiger partial charge in [-0.05, 0) is 74.3 Å². The number of hydrogen-bond donors (Lipinski definition) is 1. The molecule has 1 amide bonds. The predicted molar refractivity (Wildman–Crippen MR) is 132 cm³/mol. The first-order valence-electron chi connectivity index (χ1n) is 11.9. The summed E-state index contributed by atoms with van der Waals surface area (Å²) in [5.41, 5.74) is 5.73. The fourth-order valence-corrected chi connectivity index (χ4v) is 6.36. The number of hydrogen-bond acceptors (Lipinski definition) is 5. The molecule has 1 fully saturated rings. The summed E-state index contributed by atoms with van der Waals surface area (Å²) in [6, 6.07) is 10.7. The first-order valence-corrected chi connectivity index (χ1v) is 12.7. The third-order valence-corrected chi connectivity index (χ3v) is 7.92. The normalized spacial score (nSPS) is 23.8. The van der Waals surface area contributed by atoms with E-state index >= 15 is 0 Å². The van der Waals surface area contributed by atoms with E-state index in [-0.39, 0.29) is 18.0 Å². The third-order valence-electron chi connectivity index (χ3n) is 6.95. The second-order valence-corrected chi connectivity index (χ2v) is 9.92. The van der Waals surface area contributed by atoms with Crippen molar-refractivity contribution in [2.45, 2.75) is 44.6 Å². The minimum atomic E-state index is -0.319. The van der Waals surface area contributed by atoms with Crippen LogP contribution in [-0.2, 0) is 11.2 Å². The Morgan fingerprint density at radius 1 is 1.24 bits per heavy atom. The number of ether oxygens (including phenoxy) is 1. The van der Waals surface area contributed by atoms with E-state index in [1.54, 1.807) is 23.6 Å². The van der Waals surface area contributed by atoms with Crippen LogP contribution in [0.25, 0.3) is 17.2 Å². The van der Waals surface area contributed by atoms with Crippen molar-refractivity contribution in [2.75, 3.05) is 6.61 Å². The number of amides is 1. The molecule has 5 rings (SSSR count). The zero-order valence-corrected chi connectivity index (χ0v) is 19.9. The van der Waals surface area contributed by atoms with Crippen molar-refractivity contribution >= 4 is 23.5 Å². The smallest absolute Gasteiger partial charge is 0.407 e. The molecule has 0 bridgehead atoms. The van der Waals surface area contributed by atoms with Crippen LogP contribution in [0.3, 0.4) is 0 Å². The Morgan fingerprint density at radius 3 is 2.94 bits per heavy atom. The van der Waals surface area contributed by atoms with Gasteiger partial charge in [-0.1, -0.05) is 24.3 Å². The number of carbonyl (C=O) groups excluding carboxylic acids is 1. The summed E-state index contributed by atoms with van der Waals surface area (Å²) >= 11 is 1.74. The van der Waals surface area contributed by atoms with Gasteiger partial charge >= 0.3 is 6.09 Å². The summed E-state index contributed by atoms with van der Waals surface area (Å²) in [7, 11) is 0. The maximum atomic E-state index is 13.5. The molecule has 4 atom stereocenters. The molecule has 34 heavy (non-hydrogen) atoms. The first kappa shape index (κ1) is 22.7. The van der Waals surface area contributed by atoms with Crippen molar-refractivity contribution in [1.29, 1.82) is 0 Å². The molecule has 2 aromatic heterocycles. The number of nitrogens with zero attached hydrogens (tertiary/aromatic N) is 2. The number of halogens is 1. The number of allylic oxidation sites excluding steroid dienone is 1. The van der Waals surface area contributed by atoms with E-state index in [1.165, 1.54) is 22.7 Å². The molecule has 2 heterocycles. The zero-order chi connectivity index (χ0) is 23.5. The SMILES string of the molecule is CCOC(=O)N[C@@H]1CC[C@@H]2[C@H](Cc3ncsc3[C@H]2C=Cc2ccc(-c3cccc(F)c3)cn2)C1. The van der Waals surface area contributed by atoms with Crippen LogP contribution >= 0.6 is 11.3 Å². The highest BCUT2D eigenvalue weighted by Crippen LogP contribution is 2.48. The van der Waals surface area contributed by atoms with E-state index in [9.17, 15) is 9.18 Å². The highest BCUT2D eigenvalue weighted by molar-refractivity contribution is 7.09. The lowest BCUT2D eigenvalue weighted by molar-refractivity contribution is 0.129. The molecule has 1 aromatic carbocycles. The van der Waals surface area contributed by atoms with Crippen LogP contribution in [0.1, 0.15) is 48.4 Å². The van der Waals surface area contributed by atoms with E-state index in [0.29, 0.717) is 24.4 Å². The number of thiazole rings is 1. The van der Waals surface area contributed by atoms with E-state index < -0.39 is 0 Å². The van der Waals surface area contributed by atoms with E-state index in [2.05, 4.69) is 27.4 Å². The highest BCUT2D eigenvalue weighted by Gasteiger charge is 2.41. The number of aromatic nitrogens is 2. The minimum Gasteiger partial charge on any atom is -0.450 e. The van der Waals surface area contributed by atoms with Gasteiger partial charge in [-0.3, -0.25) is 4.98 Å². The largest absolute Gasteiger partial charge is 0.450 e. The highest BCUT2D eigenvalue weighted by atomic mass is 32.1. The molecule has 1 saturated carbocycles. The van der Waals surface area contributed by atoms with Gasteiger partial charge in [0.05, 0.1) is 23.5 Å². The third kappa shape index (κ3) is 4.89. The Kier molecular flexibility index (Phi) is 6.72. The van der Waals surface area contributed by atoms with Gasteiger partial charge in [0, 0.05) is 28.6 Å².